The molecule has 3 aliphatic rings. The fourth-order valence-electron chi connectivity index (χ4n) is 3.68. The Morgan fingerprint density at radius 2 is 2.00 bits per heavy atom. The minimum atomic E-state index is -0.0276. The number of nitrogens with zero attached hydrogens (tertiary/aromatic N) is 2. The molecule has 3 fully saturated rings. The topological polar surface area (TPSA) is 59.1 Å². The molecule has 0 aromatic heterocycles. The SMILES string of the molecule is CC(C)CN1C(=O)CO[C@H]2CN(C(=O)C3CCOCC3)C[C@@H]21. The second kappa shape index (κ2) is 6.54. The van der Waals surface area contributed by atoms with Gasteiger partial charge in [0, 0.05) is 38.8 Å². The van der Waals surface area contributed by atoms with E-state index in [-0.39, 0.29) is 36.5 Å². The average Bonchev–Trinajstić information content (AvgIpc) is 2.94. The van der Waals surface area contributed by atoms with Crippen molar-refractivity contribution in [3.63, 3.8) is 0 Å². The van der Waals surface area contributed by atoms with Gasteiger partial charge in [0.25, 0.3) is 0 Å². The molecule has 0 bridgehead atoms. The van der Waals surface area contributed by atoms with Crippen LogP contribution >= 0.6 is 0 Å². The van der Waals surface area contributed by atoms with Gasteiger partial charge in [-0.1, -0.05) is 13.8 Å². The second-order valence-electron chi connectivity index (χ2n) is 6.99. The van der Waals surface area contributed by atoms with Crippen molar-refractivity contribution in [2.75, 3.05) is 39.5 Å². The van der Waals surface area contributed by atoms with Crippen molar-refractivity contribution in [2.24, 2.45) is 11.8 Å². The molecule has 22 heavy (non-hydrogen) atoms. The van der Waals surface area contributed by atoms with Gasteiger partial charge in [-0.05, 0) is 18.8 Å². The van der Waals surface area contributed by atoms with E-state index in [9.17, 15) is 9.59 Å². The van der Waals surface area contributed by atoms with Crippen LogP contribution in [0.25, 0.3) is 0 Å². The highest BCUT2D eigenvalue weighted by atomic mass is 16.5. The van der Waals surface area contributed by atoms with E-state index in [2.05, 4.69) is 13.8 Å². The largest absolute Gasteiger partial charge is 0.381 e. The number of hydrogen-bond donors (Lipinski definition) is 0. The first-order valence-electron chi connectivity index (χ1n) is 8.34. The molecule has 0 aromatic carbocycles. The summed E-state index contributed by atoms with van der Waals surface area (Å²) < 4.78 is 11.0. The second-order valence-corrected chi connectivity index (χ2v) is 6.99. The summed E-state index contributed by atoms with van der Waals surface area (Å²) in [7, 11) is 0. The van der Waals surface area contributed by atoms with E-state index in [1.807, 2.05) is 9.80 Å². The highest BCUT2D eigenvalue weighted by molar-refractivity contribution is 5.81. The molecule has 0 N–H and O–H groups in total. The molecule has 3 saturated heterocycles. The van der Waals surface area contributed by atoms with Crippen LogP contribution in [0.3, 0.4) is 0 Å². The standard InChI is InChI=1S/C16H26N2O4/c1-11(2)7-18-13-8-17(9-14(13)22-10-15(18)19)16(20)12-3-5-21-6-4-12/h11-14H,3-10H2,1-2H3/t13-,14-/m0/s1. The van der Waals surface area contributed by atoms with Crippen LogP contribution in [0.4, 0.5) is 0 Å². The van der Waals surface area contributed by atoms with Crippen LogP contribution in [0.2, 0.25) is 0 Å². The molecule has 2 amide bonds. The zero-order valence-electron chi connectivity index (χ0n) is 13.5. The zero-order valence-corrected chi connectivity index (χ0v) is 13.5. The maximum Gasteiger partial charge on any atom is 0.248 e. The number of fused-ring (bicyclic) bond motifs is 1. The lowest BCUT2D eigenvalue weighted by Crippen LogP contribution is -2.55. The van der Waals surface area contributed by atoms with Gasteiger partial charge in [0.1, 0.15) is 6.61 Å². The van der Waals surface area contributed by atoms with E-state index in [0.29, 0.717) is 32.2 Å². The lowest BCUT2D eigenvalue weighted by Gasteiger charge is -2.37. The van der Waals surface area contributed by atoms with Gasteiger partial charge in [0.15, 0.2) is 0 Å². The molecule has 0 saturated carbocycles. The summed E-state index contributed by atoms with van der Waals surface area (Å²) in [6.45, 7) is 7.67. The lowest BCUT2D eigenvalue weighted by molar-refractivity contribution is -0.153. The fraction of sp³-hybridized carbons (Fsp3) is 0.875. The molecular formula is C16H26N2O4. The van der Waals surface area contributed by atoms with E-state index in [1.54, 1.807) is 0 Å². The Hall–Kier alpha value is -1.14. The summed E-state index contributed by atoms with van der Waals surface area (Å²) in [5.41, 5.74) is 0. The average molecular weight is 310 g/mol. The number of likely N-dealkylation sites (tertiary alicyclic amines) is 1. The monoisotopic (exact) mass is 310 g/mol. The Labute approximate surface area is 131 Å². The van der Waals surface area contributed by atoms with E-state index < -0.39 is 0 Å². The van der Waals surface area contributed by atoms with Crippen LogP contribution in [-0.4, -0.2) is 73.2 Å². The third-order valence-electron chi connectivity index (χ3n) is 4.82. The molecule has 0 unspecified atom stereocenters. The summed E-state index contributed by atoms with van der Waals surface area (Å²) >= 11 is 0. The van der Waals surface area contributed by atoms with Crippen molar-refractivity contribution < 1.29 is 19.1 Å². The van der Waals surface area contributed by atoms with Crippen molar-refractivity contribution in [1.82, 2.24) is 9.80 Å². The zero-order chi connectivity index (χ0) is 15.7. The van der Waals surface area contributed by atoms with Crippen molar-refractivity contribution in [1.29, 1.82) is 0 Å². The van der Waals surface area contributed by atoms with Crippen molar-refractivity contribution in [2.45, 2.75) is 38.8 Å². The molecular weight excluding hydrogens is 284 g/mol. The van der Waals surface area contributed by atoms with E-state index >= 15 is 0 Å². The molecule has 6 nitrogen and oxygen atoms in total. The maximum atomic E-state index is 12.7. The summed E-state index contributed by atoms with van der Waals surface area (Å²) in [6, 6.07) is 0.0208. The van der Waals surface area contributed by atoms with Crippen molar-refractivity contribution in [3.05, 3.63) is 0 Å². The van der Waals surface area contributed by atoms with Crippen LogP contribution in [0.1, 0.15) is 26.7 Å². The summed E-state index contributed by atoms with van der Waals surface area (Å²) in [5.74, 6) is 0.750. The summed E-state index contributed by atoms with van der Waals surface area (Å²) in [4.78, 5) is 28.6. The third kappa shape index (κ3) is 3.13. The van der Waals surface area contributed by atoms with Crippen LogP contribution < -0.4 is 0 Å². The Kier molecular flexibility index (Phi) is 4.68. The number of ether oxygens (including phenoxy) is 2. The molecule has 0 aliphatic carbocycles. The van der Waals surface area contributed by atoms with Gasteiger partial charge in [-0.15, -0.1) is 0 Å². The maximum absolute atomic E-state index is 12.7. The first-order valence-corrected chi connectivity index (χ1v) is 8.34. The number of morpholine rings is 1. The Morgan fingerprint density at radius 3 is 2.68 bits per heavy atom. The normalized spacial score (nSPS) is 30.0. The Bertz CT molecular complexity index is 434. The molecule has 0 radical (unpaired) electrons. The van der Waals surface area contributed by atoms with Gasteiger partial charge in [-0.25, -0.2) is 0 Å². The molecule has 124 valence electrons. The molecule has 0 aromatic rings. The van der Waals surface area contributed by atoms with Crippen LogP contribution in [0.5, 0.6) is 0 Å². The molecule has 2 atom stereocenters. The number of rotatable bonds is 3. The molecule has 3 aliphatic heterocycles. The van der Waals surface area contributed by atoms with E-state index in [1.165, 1.54) is 0 Å². The van der Waals surface area contributed by atoms with Crippen LogP contribution in [-0.2, 0) is 19.1 Å². The van der Waals surface area contributed by atoms with E-state index in [0.717, 1.165) is 19.4 Å². The minimum absolute atomic E-state index is 0.0208. The van der Waals surface area contributed by atoms with Gasteiger partial charge < -0.3 is 19.3 Å². The Balaban J connectivity index is 1.66. The minimum Gasteiger partial charge on any atom is -0.381 e. The fourth-order valence-corrected chi connectivity index (χ4v) is 3.68. The van der Waals surface area contributed by atoms with Crippen LogP contribution in [0.15, 0.2) is 0 Å². The van der Waals surface area contributed by atoms with Crippen LogP contribution in [0, 0.1) is 11.8 Å². The van der Waals surface area contributed by atoms with Gasteiger partial charge in [0.2, 0.25) is 11.8 Å². The number of carbonyl (C=O) groups is 2. The predicted molar refractivity (Wildman–Crippen MR) is 80.2 cm³/mol. The first kappa shape index (κ1) is 15.7. The van der Waals surface area contributed by atoms with Gasteiger partial charge in [-0.3, -0.25) is 9.59 Å². The Morgan fingerprint density at radius 1 is 1.27 bits per heavy atom. The summed E-state index contributed by atoms with van der Waals surface area (Å²) in [6.07, 6.45) is 1.58. The smallest absolute Gasteiger partial charge is 0.248 e. The van der Waals surface area contributed by atoms with Crippen molar-refractivity contribution >= 4 is 11.8 Å². The van der Waals surface area contributed by atoms with Gasteiger partial charge in [0.05, 0.1) is 12.1 Å². The quantitative estimate of drug-likeness (QED) is 0.762. The highest BCUT2D eigenvalue weighted by Crippen LogP contribution is 2.27. The first-order chi connectivity index (χ1) is 10.6. The summed E-state index contributed by atoms with van der Waals surface area (Å²) in [5, 5.41) is 0. The van der Waals surface area contributed by atoms with Gasteiger partial charge >= 0.3 is 0 Å². The number of carbonyl (C=O) groups excluding carboxylic acids is 2. The number of amides is 2. The predicted octanol–water partition coefficient (Wildman–Crippen LogP) is 0.507. The highest BCUT2D eigenvalue weighted by Gasteiger charge is 2.45. The van der Waals surface area contributed by atoms with Crippen molar-refractivity contribution in [3.8, 4) is 0 Å². The molecule has 0 spiro atoms. The molecule has 3 heterocycles. The number of hydrogen-bond acceptors (Lipinski definition) is 4. The molecule has 3 rings (SSSR count). The lowest BCUT2D eigenvalue weighted by atomic mass is 9.99. The third-order valence-corrected chi connectivity index (χ3v) is 4.82. The van der Waals surface area contributed by atoms with Gasteiger partial charge in [-0.2, -0.15) is 0 Å². The molecule has 6 heteroatoms. The van der Waals surface area contributed by atoms with E-state index in [4.69, 9.17) is 9.47 Å².